The summed E-state index contributed by atoms with van der Waals surface area (Å²) in [6.07, 6.45) is 3.58. The molecule has 0 radical (unpaired) electrons. The van der Waals surface area contributed by atoms with Gasteiger partial charge in [-0.05, 0) is 42.5 Å². The summed E-state index contributed by atoms with van der Waals surface area (Å²) in [5.41, 5.74) is 2.27. The summed E-state index contributed by atoms with van der Waals surface area (Å²) in [4.78, 5) is 29.7. The van der Waals surface area contributed by atoms with Crippen LogP contribution in [0, 0.1) is 5.82 Å². The van der Waals surface area contributed by atoms with E-state index in [1.807, 2.05) is 24.4 Å². The van der Waals surface area contributed by atoms with Crippen molar-refractivity contribution in [1.82, 2.24) is 9.88 Å². The molecular weight excluding hydrogens is 373 g/mol. The average molecular weight is 395 g/mol. The number of fused-ring (bicyclic) bond motifs is 1. The van der Waals surface area contributed by atoms with E-state index in [2.05, 4.69) is 16.4 Å². The average Bonchev–Trinajstić information content (AvgIpc) is 3.19. The van der Waals surface area contributed by atoms with E-state index >= 15 is 0 Å². The van der Waals surface area contributed by atoms with Crippen molar-refractivity contribution in [1.29, 1.82) is 0 Å². The summed E-state index contributed by atoms with van der Waals surface area (Å²) in [5, 5.41) is 3.55. The molecule has 0 bridgehead atoms. The van der Waals surface area contributed by atoms with Crippen molar-refractivity contribution in [2.24, 2.45) is 0 Å². The number of hydrogen-bond donors (Lipinski definition) is 2. The summed E-state index contributed by atoms with van der Waals surface area (Å²) in [6.45, 7) is 0.966. The number of halogens is 1. The van der Waals surface area contributed by atoms with E-state index in [1.165, 1.54) is 41.2 Å². The second kappa shape index (κ2) is 7.95. The third-order valence-electron chi connectivity index (χ3n) is 5.46. The maximum atomic E-state index is 13.9. The number of ether oxygens (including phenoxy) is 1. The number of aromatic nitrogens is 1. The van der Waals surface area contributed by atoms with Crippen LogP contribution in [0.1, 0.15) is 24.3 Å². The lowest BCUT2D eigenvalue weighted by Gasteiger charge is -2.31. The van der Waals surface area contributed by atoms with Crippen molar-refractivity contribution in [3.8, 4) is 5.75 Å². The SMILES string of the molecule is COc1ccc(F)c(NC(=O)C(=O)N2CCC(c3c[nH]c4ccccc34)CC2)c1. The summed E-state index contributed by atoms with van der Waals surface area (Å²) in [5.74, 6) is -1.39. The third-order valence-corrected chi connectivity index (χ3v) is 5.46. The van der Waals surface area contributed by atoms with E-state index in [0.717, 1.165) is 18.4 Å². The van der Waals surface area contributed by atoms with Crippen LogP contribution in [-0.2, 0) is 9.59 Å². The molecule has 1 aliphatic heterocycles. The van der Waals surface area contributed by atoms with E-state index in [1.54, 1.807) is 0 Å². The number of amides is 2. The first kappa shape index (κ1) is 19.0. The highest BCUT2D eigenvalue weighted by Crippen LogP contribution is 2.33. The maximum absolute atomic E-state index is 13.9. The number of aromatic amines is 1. The fourth-order valence-corrected chi connectivity index (χ4v) is 3.87. The lowest BCUT2D eigenvalue weighted by atomic mass is 9.89. The Morgan fingerprint density at radius 1 is 1.17 bits per heavy atom. The van der Waals surface area contributed by atoms with Crippen LogP contribution in [0.3, 0.4) is 0 Å². The quantitative estimate of drug-likeness (QED) is 0.665. The number of methoxy groups -OCH3 is 1. The van der Waals surface area contributed by atoms with Gasteiger partial charge in [0.05, 0.1) is 12.8 Å². The maximum Gasteiger partial charge on any atom is 0.313 e. The Balaban J connectivity index is 1.39. The minimum Gasteiger partial charge on any atom is -0.497 e. The second-order valence-electron chi connectivity index (χ2n) is 7.16. The molecule has 29 heavy (non-hydrogen) atoms. The van der Waals surface area contributed by atoms with Crippen molar-refractivity contribution >= 4 is 28.4 Å². The Morgan fingerprint density at radius 2 is 1.93 bits per heavy atom. The zero-order chi connectivity index (χ0) is 20.4. The Bertz CT molecular complexity index is 1050. The molecule has 1 fully saturated rings. The van der Waals surface area contributed by atoms with Crippen LogP contribution in [0.2, 0.25) is 0 Å². The van der Waals surface area contributed by atoms with Gasteiger partial charge in [-0.2, -0.15) is 0 Å². The van der Waals surface area contributed by atoms with Crippen LogP contribution in [0.25, 0.3) is 10.9 Å². The van der Waals surface area contributed by atoms with E-state index in [0.29, 0.717) is 24.8 Å². The molecule has 0 saturated carbocycles. The third kappa shape index (κ3) is 3.81. The van der Waals surface area contributed by atoms with Gasteiger partial charge in [-0.3, -0.25) is 9.59 Å². The minimum atomic E-state index is -0.845. The first-order chi connectivity index (χ1) is 14.1. The number of para-hydroxylation sites is 1. The fraction of sp³-hybridized carbons (Fsp3) is 0.273. The van der Waals surface area contributed by atoms with Crippen LogP contribution < -0.4 is 10.1 Å². The molecule has 1 saturated heterocycles. The fourth-order valence-electron chi connectivity index (χ4n) is 3.87. The molecule has 2 amide bonds. The molecule has 2 aromatic carbocycles. The number of likely N-dealkylation sites (tertiary alicyclic amines) is 1. The Morgan fingerprint density at radius 3 is 2.69 bits per heavy atom. The van der Waals surface area contributed by atoms with Crippen LogP contribution in [0.15, 0.2) is 48.7 Å². The van der Waals surface area contributed by atoms with Gasteiger partial charge in [0.25, 0.3) is 0 Å². The first-order valence-corrected chi connectivity index (χ1v) is 9.56. The molecule has 7 heteroatoms. The molecule has 0 atom stereocenters. The van der Waals surface area contributed by atoms with E-state index in [9.17, 15) is 14.0 Å². The molecule has 0 unspecified atom stereocenters. The zero-order valence-corrected chi connectivity index (χ0v) is 16.1. The number of nitrogens with one attached hydrogen (secondary N) is 2. The Kier molecular flexibility index (Phi) is 5.20. The van der Waals surface area contributed by atoms with Crippen molar-refractivity contribution in [3.63, 3.8) is 0 Å². The van der Waals surface area contributed by atoms with Gasteiger partial charge in [0.15, 0.2) is 0 Å². The topological polar surface area (TPSA) is 74.4 Å². The standard InChI is InChI=1S/C22H22FN3O3/c1-29-15-6-7-18(23)20(12-15)25-21(27)22(28)26-10-8-14(9-11-26)17-13-24-19-5-3-2-4-16(17)19/h2-7,12-14,24H,8-11H2,1H3,(H,25,27). The largest absolute Gasteiger partial charge is 0.497 e. The molecule has 0 aliphatic carbocycles. The van der Waals surface area contributed by atoms with E-state index < -0.39 is 17.6 Å². The highest BCUT2D eigenvalue weighted by molar-refractivity contribution is 6.39. The number of rotatable bonds is 3. The predicted octanol–water partition coefficient (Wildman–Crippen LogP) is 3.66. The summed E-state index contributed by atoms with van der Waals surface area (Å²) in [7, 11) is 1.45. The Labute approximate surface area is 167 Å². The van der Waals surface area contributed by atoms with Crippen LogP contribution >= 0.6 is 0 Å². The van der Waals surface area contributed by atoms with Gasteiger partial charge >= 0.3 is 11.8 Å². The van der Waals surface area contributed by atoms with Gasteiger partial charge in [-0.25, -0.2) is 4.39 Å². The second-order valence-corrected chi connectivity index (χ2v) is 7.16. The molecule has 150 valence electrons. The number of anilines is 1. The molecule has 4 rings (SSSR count). The molecular formula is C22H22FN3O3. The number of H-pyrrole nitrogens is 1. The summed E-state index contributed by atoms with van der Waals surface area (Å²) in [6, 6.07) is 12.1. The number of hydrogen-bond acceptors (Lipinski definition) is 3. The van der Waals surface area contributed by atoms with Crippen molar-refractivity contribution in [2.45, 2.75) is 18.8 Å². The van der Waals surface area contributed by atoms with Crippen molar-refractivity contribution in [2.75, 3.05) is 25.5 Å². The van der Waals surface area contributed by atoms with Crippen molar-refractivity contribution in [3.05, 3.63) is 60.0 Å². The lowest BCUT2D eigenvalue weighted by molar-refractivity contribution is -0.143. The van der Waals surface area contributed by atoms with Gasteiger partial charge < -0.3 is 19.9 Å². The number of carbonyl (C=O) groups is 2. The number of piperidine rings is 1. The van der Waals surface area contributed by atoms with Crippen LogP contribution in [-0.4, -0.2) is 41.9 Å². The first-order valence-electron chi connectivity index (χ1n) is 9.56. The van der Waals surface area contributed by atoms with E-state index in [4.69, 9.17) is 4.74 Å². The van der Waals surface area contributed by atoms with Gasteiger partial charge in [-0.15, -0.1) is 0 Å². The molecule has 6 nitrogen and oxygen atoms in total. The van der Waals surface area contributed by atoms with Gasteiger partial charge in [0, 0.05) is 36.3 Å². The minimum absolute atomic E-state index is 0.0728. The summed E-state index contributed by atoms with van der Waals surface area (Å²) >= 11 is 0. The molecule has 1 aromatic heterocycles. The molecule has 1 aliphatic rings. The van der Waals surface area contributed by atoms with Crippen LogP contribution in [0.4, 0.5) is 10.1 Å². The lowest BCUT2D eigenvalue weighted by Crippen LogP contribution is -2.43. The number of nitrogens with zero attached hydrogens (tertiary/aromatic N) is 1. The summed E-state index contributed by atoms with van der Waals surface area (Å²) < 4.78 is 18.9. The van der Waals surface area contributed by atoms with Gasteiger partial charge in [0.2, 0.25) is 0 Å². The smallest absolute Gasteiger partial charge is 0.313 e. The predicted molar refractivity (Wildman–Crippen MR) is 108 cm³/mol. The van der Waals surface area contributed by atoms with Crippen LogP contribution in [0.5, 0.6) is 5.75 Å². The molecule has 2 N–H and O–H groups in total. The Hall–Kier alpha value is -3.35. The van der Waals surface area contributed by atoms with Gasteiger partial charge in [-0.1, -0.05) is 18.2 Å². The van der Waals surface area contributed by atoms with Gasteiger partial charge in [0.1, 0.15) is 11.6 Å². The highest BCUT2D eigenvalue weighted by Gasteiger charge is 2.29. The van der Waals surface area contributed by atoms with E-state index in [-0.39, 0.29) is 5.69 Å². The number of carbonyl (C=O) groups excluding carboxylic acids is 2. The molecule has 2 heterocycles. The zero-order valence-electron chi connectivity index (χ0n) is 16.1. The monoisotopic (exact) mass is 395 g/mol. The van der Waals surface area contributed by atoms with Crippen molar-refractivity contribution < 1.29 is 18.7 Å². The normalized spacial score (nSPS) is 14.8. The molecule has 3 aromatic rings. The number of benzene rings is 2. The molecule has 0 spiro atoms. The highest BCUT2D eigenvalue weighted by atomic mass is 19.1.